The molecular formula is C31H40F3NO6. The Morgan fingerprint density at radius 2 is 1.73 bits per heavy atom. The lowest BCUT2D eigenvalue weighted by molar-refractivity contribution is -0.150. The number of alkyl halides is 3. The van der Waals surface area contributed by atoms with Gasteiger partial charge in [-0.05, 0) is 55.2 Å². The van der Waals surface area contributed by atoms with Crippen molar-refractivity contribution >= 4 is 12.1 Å². The lowest BCUT2D eigenvalue weighted by atomic mass is 9.86. The Balaban J connectivity index is 1.56. The molecule has 226 valence electrons. The maximum Gasteiger partial charge on any atom is 0.416 e. The van der Waals surface area contributed by atoms with Crippen LogP contribution >= 0.6 is 0 Å². The van der Waals surface area contributed by atoms with E-state index in [4.69, 9.17) is 14.2 Å². The van der Waals surface area contributed by atoms with Crippen LogP contribution in [0.3, 0.4) is 0 Å². The third-order valence-corrected chi connectivity index (χ3v) is 7.26. The number of ether oxygens (including phenoxy) is 3. The highest BCUT2D eigenvalue weighted by molar-refractivity contribution is 5.72. The molecule has 1 unspecified atom stereocenters. The maximum atomic E-state index is 13.1. The molecule has 7 nitrogen and oxygen atoms in total. The first-order valence-electron chi connectivity index (χ1n) is 14.4. The summed E-state index contributed by atoms with van der Waals surface area (Å²) in [7, 11) is 0. The van der Waals surface area contributed by atoms with Crippen LogP contribution in [-0.2, 0) is 22.1 Å². The number of rotatable bonds is 15. The van der Waals surface area contributed by atoms with Gasteiger partial charge in [0.15, 0.2) is 6.10 Å². The van der Waals surface area contributed by atoms with Crippen LogP contribution in [0.25, 0.3) is 0 Å². The summed E-state index contributed by atoms with van der Waals surface area (Å²) in [5.41, 5.74) is -0.105. The van der Waals surface area contributed by atoms with Gasteiger partial charge < -0.3 is 24.2 Å². The van der Waals surface area contributed by atoms with Crippen LogP contribution in [-0.4, -0.2) is 54.5 Å². The van der Waals surface area contributed by atoms with Crippen molar-refractivity contribution in [3.8, 4) is 11.5 Å². The Morgan fingerprint density at radius 3 is 2.39 bits per heavy atom. The monoisotopic (exact) mass is 579 g/mol. The van der Waals surface area contributed by atoms with Crippen LogP contribution in [0.15, 0.2) is 48.5 Å². The highest BCUT2D eigenvalue weighted by atomic mass is 19.4. The van der Waals surface area contributed by atoms with E-state index < -0.39 is 29.9 Å². The number of benzene rings is 2. The van der Waals surface area contributed by atoms with E-state index in [0.717, 1.165) is 42.9 Å². The number of halogens is 3. The molecule has 1 amide bonds. The minimum absolute atomic E-state index is 0.149. The summed E-state index contributed by atoms with van der Waals surface area (Å²) in [5, 5.41) is 9.28. The van der Waals surface area contributed by atoms with E-state index in [1.165, 1.54) is 49.1 Å². The van der Waals surface area contributed by atoms with Gasteiger partial charge in [-0.25, -0.2) is 9.59 Å². The lowest BCUT2D eigenvalue weighted by Gasteiger charge is -2.24. The molecule has 1 saturated carbocycles. The maximum absolute atomic E-state index is 13.1. The molecule has 41 heavy (non-hydrogen) atoms. The number of carbonyl (C=O) groups excluding carboxylic acids is 1. The zero-order chi connectivity index (χ0) is 29.7. The average Bonchev–Trinajstić information content (AvgIpc) is 2.95. The molecule has 10 heteroatoms. The Labute approximate surface area is 239 Å². The van der Waals surface area contributed by atoms with E-state index in [-0.39, 0.29) is 25.3 Å². The third kappa shape index (κ3) is 11.3. The van der Waals surface area contributed by atoms with Gasteiger partial charge in [0, 0.05) is 19.6 Å². The summed E-state index contributed by atoms with van der Waals surface area (Å²) < 4.78 is 55.7. The van der Waals surface area contributed by atoms with E-state index >= 15 is 0 Å². The van der Waals surface area contributed by atoms with Gasteiger partial charge in [-0.15, -0.1) is 0 Å². The predicted octanol–water partition coefficient (Wildman–Crippen LogP) is 7.37. The number of carboxylic acids is 1. The molecule has 1 N–H and O–H groups in total. The largest absolute Gasteiger partial charge is 0.492 e. The fourth-order valence-corrected chi connectivity index (χ4v) is 5.04. The molecule has 0 aromatic heterocycles. The fourth-order valence-electron chi connectivity index (χ4n) is 5.04. The standard InChI is InChI=1S/C31H40F3NO6/c1-2-39-28(29(36)37)21-24-14-16-26(17-15-24)40-20-19-35(18-7-6-11-23-9-4-3-5-10-23)30(38)41-27-13-8-12-25(22-27)31(32,33)34/h8,12-17,22-23,28H,2-7,9-11,18-21H2,1H3,(H,36,37). The number of hydrogen-bond acceptors (Lipinski definition) is 5. The molecule has 2 aromatic rings. The molecule has 0 radical (unpaired) electrons. The molecule has 1 aliphatic rings. The second-order valence-electron chi connectivity index (χ2n) is 10.4. The summed E-state index contributed by atoms with van der Waals surface area (Å²) >= 11 is 0. The first-order chi connectivity index (χ1) is 19.7. The van der Waals surface area contributed by atoms with E-state index in [9.17, 15) is 27.9 Å². The molecular weight excluding hydrogens is 539 g/mol. The average molecular weight is 580 g/mol. The topological polar surface area (TPSA) is 85.3 Å². The first-order valence-corrected chi connectivity index (χ1v) is 14.4. The Morgan fingerprint density at radius 1 is 1.00 bits per heavy atom. The third-order valence-electron chi connectivity index (χ3n) is 7.26. The number of unbranched alkanes of at least 4 members (excludes halogenated alkanes) is 1. The van der Waals surface area contributed by atoms with Gasteiger partial charge in [-0.3, -0.25) is 0 Å². The Bertz CT molecular complexity index is 1090. The highest BCUT2D eigenvalue weighted by Gasteiger charge is 2.31. The SMILES string of the molecule is CCOC(Cc1ccc(OCCN(CCCCC2CCCCC2)C(=O)Oc2cccc(C(F)(F)F)c2)cc1)C(=O)O. The number of carbonyl (C=O) groups is 2. The van der Waals surface area contributed by atoms with Crippen LogP contribution in [0.1, 0.15) is 69.4 Å². The quantitative estimate of drug-likeness (QED) is 0.222. The smallest absolute Gasteiger partial charge is 0.416 e. The number of nitrogens with zero attached hydrogens (tertiary/aromatic N) is 1. The molecule has 0 aliphatic heterocycles. The second kappa shape index (κ2) is 16.2. The van der Waals surface area contributed by atoms with Crippen LogP contribution in [0.4, 0.5) is 18.0 Å². The second-order valence-corrected chi connectivity index (χ2v) is 10.4. The van der Waals surface area contributed by atoms with Gasteiger partial charge in [0.05, 0.1) is 12.1 Å². The summed E-state index contributed by atoms with van der Waals surface area (Å²) in [4.78, 5) is 25.8. The van der Waals surface area contributed by atoms with Crippen molar-refractivity contribution in [2.75, 3.05) is 26.3 Å². The predicted molar refractivity (Wildman–Crippen MR) is 148 cm³/mol. The van der Waals surface area contributed by atoms with Gasteiger partial charge in [-0.1, -0.05) is 63.1 Å². The molecule has 1 fully saturated rings. The Kier molecular flexibility index (Phi) is 12.8. The van der Waals surface area contributed by atoms with Gasteiger partial charge in [-0.2, -0.15) is 13.2 Å². The normalized spacial score (nSPS) is 14.8. The van der Waals surface area contributed by atoms with Gasteiger partial charge in [0.25, 0.3) is 0 Å². The van der Waals surface area contributed by atoms with Crippen molar-refractivity contribution < 1.29 is 42.1 Å². The van der Waals surface area contributed by atoms with Crippen molar-refractivity contribution in [1.82, 2.24) is 4.90 Å². The molecule has 1 atom stereocenters. The summed E-state index contributed by atoms with van der Waals surface area (Å²) in [6, 6.07) is 11.2. The molecule has 0 heterocycles. The van der Waals surface area contributed by atoms with Crippen LogP contribution < -0.4 is 9.47 Å². The molecule has 0 saturated heterocycles. The van der Waals surface area contributed by atoms with Crippen molar-refractivity contribution in [3.63, 3.8) is 0 Å². The first kappa shape index (κ1) is 32.2. The van der Waals surface area contributed by atoms with E-state index in [0.29, 0.717) is 18.9 Å². The van der Waals surface area contributed by atoms with E-state index in [1.54, 1.807) is 31.2 Å². The minimum atomic E-state index is -4.54. The summed E-state index contributed by atoms with van der Waals surface area (Å²) in [5.74, 6) is 0.0729. The van der Waals surface area contributed by atoms with Crippen molar-refractivity contribution in [3.05, 3.63) is 59.7 Å². The van der Waals surface area contributed by atoms with Crippen LogP contribution in [0.5, 0.6) is 11.5 Å². The molecule has 2 aromatic carbocycles. The van der Waals surface area contributed by atoms with E-state index in [2.05, 4.69) is 0 Å². The fraction of sp³-hybridized carbons (Fsp3) is 0.548. The number of amides is 1. The zero-order valence-corrected chi connectivity index (χ0v) is 23.5. The number of carboxylic acid groups (broad SMARTS) is 1. The lowest BCUT2D eigenvalue weighted by Crippen LogP contribution is -2.37. The summed E-state index contributed by atoms with van der Waals surface area (Å²) in [6.07, 6.45) is 3.17. The van der Waals surface area contributed by atoms with E-state index in [1.807, 2.05) is 0 Å². The van der Waals surface area contributed by atoms with Gasteiger partial charge in [0.1, 0.15) is 18.1 Å². The van der Waals surface area contributed by atoms with Crippen molar-refractivity contribution in [1.29, 1.82) is 0 Å². The number of hydrogen-bond donors (Lipinski definition) is 1. The number of aliphatic carboxylic acids is 1. The molecule has 0 spiro atoms. The Hall–Kier alpha value is -3.27. The highest BCUT2D eigenvalue weighted by Crippen LogP contribution is 2.31. The molecule has 0 bridgehead atoms. The zero-order valence-electron chi connectivity index (χ0n) is 23.5. The molecule has 3 rings (SSSR count). The summed E-state index contributed by atoms with van der Waals surface area (Å²) in [6.45, 7) is 2.78. The van der Waals surface area contributed by atoms with Gasteiger partial charge in [0.2, 0.25) is 0 Å². The molecule has 1 aliphatic carbocycles. The van der Waals surface area contributed by atoms with Crippen LogP contribution in [0, 0.1) is 5.92 Å². The minimum Gasteiger partial charge on any atom is -0.492 e. The van der Waals surface area contributed by atoms with Crippen molar-refractivity contribution in [2.24, 2.45) is 5.92 Å². The van der Waals surface area contributed by atoms with Crippen LogP contribution in [0.2, 0.25) is 0 Å². The van der Waals surface area contributed by atoms with Gasteiger partial charge >= 0.3 is 18.2 Å². The van der Waals surface area contributed by atoms with Crippen molar-refractivity contribution in [2.45, 2.75) is 77.0 Å².